The molecule has 1 amide bonds. The van der Waals surface area contributed by atoms with Crippen molar-refractivity contribution in [2.24, 2.45) is 0 Å². The van der Waals surface area contributed by atoms with Gasteiger partial charge in [0, 0.05) is 23.1 Å². The van der Waals surface area contributed by atoms with Gasteiger partial charge in [0.1, 0.15) is 0 Å². The molecule has 0 spiro atoms. The minimum absolute atomic E-state index is 0.00701. The van der Waals surface area contributed by atoms with E-state index >= 15 is 0 Å². The Labute approximate surface area is 114 Å². The summed E-state index contributed by atoms with van der Waals surface area (Å²) in [5.74, 6) is 0.0320. The molecule has 2 rings (SSSR count). The molecule has 1 aliphatic rings. The van der Waals surface area contributed by atoms with Crippen LogP contribution in [0, 0.1) is 0 Å². The molecule has 1 heterocycles. The quantitative estimate of drug-likeness (QED) is 0.860. The van der Waals surface area contributed by atoms with Gasteiger partial charge in [-0.05, 0) is 12.5 Å². The van der Waals surface area contributed by atoms with Crippen molar-refractivity contribution < 1.29 is 9.59 Å². The van der Waals surface area contributed by atoms with Gasteiger partial charge in [-0.15, -0.1) is 0 Å². The van der Waals surface area contributed by atoms with Crippen molar-refractivity contribution in [3.8, 4) is 0 Å². The Bertz CT molecular complexity index is 462. The molecule has 1 aromatic carbocycles. The molecule has 96 valence electrons. The monoisotopic (exact) mass is 310 g/mol. The van der Waals surface area contributed by atoms with E-state index in [1.807, 2.05) is 23.1 Å². The average molecular weight is 311 g/mol. The van der Waals surface area contributed by atoms with Crippen LogP contribution < -0.4 is 5.32 Å². The van der Waals surface area contributed by atoms with Crippen LogP contribution in [-0.2, 0) is 4.79 Å². The van der Waals surface area contributed by atoms with Crippen LogP contribution in [0.5, 0.6) is 0 Å². The highest BCUT2D eigenvalue weighted by Crippen LogP contribution is 2.16. The fourth-order valence-electron chi connectivity index (χ4n) is 1.98. The fraction of sp³-hybridized carbons (Fsp3) is 0.385. The van der Waals surface area contributed by atoms with Crippen LogP contribution in [0.15, 0.2) is 28.7 Å². The third-order valence-corrected chi connectivity index (χ3v) is 3.57. The smallest absolute Gasteiger partial charge is 0.234 e. The maximum absolute atomic E-state index is 12.1. The van der Waals surface area contributed by atoms with Crippen molar-refractivity contribution in [1.29, 1.82) is 0 Å². The van der Waals surface area contributed by atoms with E-state index in [2.05, 4.69) is 21.2 Å². The lowest BCUT2D eigenvalue weighted by atomic mass is 10.1. The number of rotatable bonds is 3. The number of hydrogen-bond acceptors (Lipinski definition) is 3. The molecule has 0 unspecified atom stereocenters. The van der Waals surface area contributed by atoms with Crippen molar-refractivity contribution in [1.82, 2.24) is 10.2 Å². The number of amides is 1. The molecule has 0 atom stereocenters. The van der Waals surface area contributed by atoms with Crippen molar-refractivity contribution in [2.75, 3.05) is 26.2 Å². The number of ketones is 1. The van der Waals surface area contributed by atoms with Crippen LogP contribution in [0.25, 0.3) is 0 Å². The summed E-state index contributed by atoms with van der Waals surface area (Å²) in [5, 5.41) is 2.80. The molecule has 18 heavy (non-hydrogen) atoms. The first-order valence-electron chi connectivity index (χ1n) is 5.93. The van der Waals surface area contributed by atoms with Gasteiger partial charge in [0.25, 0.3) is 0 Å². The Morgan fingerprint density at radius 3 is 2.94 bits per heavy atom. The lowest BCUT2D eigenvalue weighted by Gasteiger charge is -2.17. The van der Waals surface area contributed by atoms with Gasteiger partial charge in [-0.1, -0.05) is 34.1 Å². The Hall–Kier alpha value is -1.20. The number of nitrogens with zero attached hydrogens (tertiary/aromatic N) is 1. The second kappa shape index (κ2) is 6.11. The summed E-state index contributed by atoms with van der Waals surface area (Å²) >= 11 is 3.37. The first-order valence-corrected chi connectivity index (χ1v) is 6.73. The molecule has 1 N–H and O–H groups in total. The van der Waals surface area contributed by atoms with E-state index < -0.39 is 0 Å². The highest BCUT2D eigenvalue weighted by atomic mass is 79.9. The summed E-state index contributed by atoms with van der Waals surface area (Å²) < 4.78 is 0.800. The number of hydrogen-bond donors (Lipinski definition) is 1. The molecule has 0 saturated carbocycles. The van der Waals surface area contributed by atoms with Crippen LogP contribution in [-0.4, -0.2) is 42.8 Å². The maximum Gasteiger partial charge on any atom is 0.234 e. The van der Waals surface area contributed by atoms with Gasteiger partial charge in [-0.2, -0.15) is 0 Å². The predicted molar refractivity (Wildman–Crippen MR) is 72.5 cm³/mol. The van der Waals surface area contributed by atoms with Gasteiger partial charge in [0.2, 0.25) is 5.91 Å². The largest absolute Gasteiger partial charge is 0.355 e. The van der Waals surface area contributed by atoms with E-state index in [0.717, 1.165) is 17.4 Å². The lowest BCUT2D eigenvalue weighted by Crippen LogP contribution is -2.36. The highest BCUT2D eigenvalue weighted by molar-refractivity contribution is 9.10. The summed E-state index contributed by atoms with van der Waals surface area (Å²) in [7, 11) is 0. The summed E-state index contributed by atoms with van der Waals surface area (Å²) in [4.78, 5) is 25.4. The van der Waals surface area contributed by atoms with Crippen LogP contribution in [0.3, 0.4) is 0 Å². The Kier molecular flexibility index (Phi) is 4.49. The average Bonchev–Trinajstić information content (AvgIpc) is 2.54. The molecule has 4 nitrogen and oxygen atoms in total. The fourth-order valence-corrected chi connectivity index (χ4v) is 2.48. The second-order valence-electron chi connectivity index (χ2n) is 4.32. The molecule has 0 aromatic heterocycles. The molecule has 1 fully saturated rings. The molecule has 1 saturated heterocycles. The number of nitrogens with one attached hydrogen (secondary N) is 1. The summed E-state index contributed by atoms with van der Waals surface area (Å²) in [6, 6.07) is 7.36. The topological polar surface area (TPSA) is 49.4 Å². The standard InChI is InChI=1S/C13H15BrN2O2/c14-11-5-2-1-4-10(11)12(17)8-16-7-3-6-15-13(18)9-16/h1-2,4-5H,3,6-9H2,(H,15,18). The van der Waals surface area contributed by atoms with Crippen molar-refractivity contribution >= 4 is 27.6 Å². The molecule has 1 aliphatic heterocycles. The molecule has 5 heteroatoms. The van der Waals surface area contributed by atoms with Gasteiger partial charge in [-0.25, -0.2) is 0 Å². The van der Waals surface area contributed by atoms with Crippen LogP contribution in [0.1, 0.15) is 16.8 Å². The first kappa shape index (κ1) is 13.2. The van der Waals surface area contributed by atoms with E-state index in [9.17, 15) is 9.59 Å². The van der Waals surface area contributed by atoms with Gasteiger partial charge in [0.15, 0.2) is 5.78 Å². The third-order valence-electron chi connectivity index (χ3n) is 2.88. The van der Waals surface area contributed by atoms with Crippen LogP contribution >= 0.6 is 15.9 Å². The number of Topliss-reactive ketones (excluding diaryl/α,β-unsaturated/α-hetero) is 1. The summed E-state index contributed by atoms with van der Waals surface area (Å²) in [6.07, 6.45) is 0.884. The second-order valence-corrected chi connectivity index (χ2v) is 5.17. The van der Waals surface area contributed by atoms with E-state index in [1.165, 1.54) is 0 Å². The van der Waals surface area contributed by atoms with Crippen LogP contribution in [0.4, 0.5) is 0 Å². The van der Waals surface area contributed by atoms with Crippen molar-refractivity contribution in [3.05, 3.63) is 34.3 Å². The minimum atomic E-state index is -0.00701. The van der Waals surface area contributed by atoms with E-state index in [0.29, 0.717) is 18.7 Å². The zero-order valence-corrected chi connectivity index (χ0v) is 11.6. The lowest BCUT2D eigenvalue weighted by molar-refractivity contribution is -0.121. The molecule has 0 aliphatic carbocycles. The van der Waals surface area contributed by atoms with Crippen molar-refractivity contribution in [2.45, 2.75) is 6.42 Å². The van der Waals surface area contributed by atoms with Crippen molar-refractivity contribution in [3.63, 3.8) is 0 Å². The van der Waals surface area contributed by atoms with Gasteiger partial charge in [-0.3, -0.25) is 14.5 Å². The molecule has 0 radical (unpaired) electrons. The zero-order chi connectivity index (χ0) is 13.0. The third kappa shape index (κ3) is 3.40. The maximum atomic E-state index is 12.1. The highest BCUT2D eigenvalue weighted by Gasteiger charge is 2.18. The van der Waals surface area contributed by atoms with E-state index in [-0.39, 0.29) is 18.2 Å². The number of benzene rings is 1. The number of carbonyl (C=O) groups is 2. The SMILES string of the molecule is O=C1CN(CC(=O)c2ccccc2Br)CCCN1. The van der Waals surface area contributed by atoms with Gasteiger partial charge < -0.3 is 5.32 Å². The molecular formula is C13H15BrN2O2. The van der Waals surface area contributed by atoms with E-state index in [4.69, 9.17) is 0 Å². The Morgan fingerprint density at radius 1 is 1.39 bits per heavy atom. The Morgan fingerprint density at radius 2 is 2.17 bits per heavy atom. The predicted octanol–water partition coefficient (Wildman–Crippen LogP) is 1.45. The first-order chi connectivity index (χ1) is 8.66. The minimum Gasteiger partial charge on any atom is -0.355 e. The van der Waals surface area contributed by atoms with Gasteiger partial charge in [0.05, 0.1) is 13.1 Å². The zero-order valence-electron chi connectivity index (χ0n) is 9.99. The number of carbonyl (C=O) groups excluding carboxylic acids is 2. The molecular weight excluding hydrogens is 296 g/mol. The van der Waals surface area contributed by atoms with Crippen LogP contribution in [0.2, 0.25) is 0 Å². The normalized spacial score (nSPS) is 17.1. The molecule has 0 bridgehead atoms. The van der Waals surface area contributed by atoms with E-state index in [1.54, 1.807) is 6.07 Å². The number of halogens is 1. The Balaban J connectivity index is 2.02. The summed E-state index contributed by atoms with van der Waals surface area (Å²) in [6.45, 7) is 2.06. The molecule has 1 aromatic rings. The summed E-state index contributed by atoms with van der Waals surface area (Å²) in [5.41, 5.74) is 0.669. The van der Waals surface area contributed by atoms with Gasteiger partial charge >= 0.3 is 0 Å².